The number of hydrogen-bond donors (Lipinski definition) is 2. The van der Waals surface area contributed by atoms with Crippen LogP contribution in [0.3, 0.4) is 0 Å². The van der Waals surface area contributed by atoms with Crippen molar-refractivity contribution in [3.05, 3.63) is 36.5 Å². The molecule has 0 aromatic carbocycles. The lowest BCUT2D eigenvalue weighted by Gasteiger charge is -2.07. The van der Waals surface area contributed by atoms with Crippen LogP contribution >= 0.6 is 0 Å². The second-order valence-electron chi connectivity index (χ2n) is 3.70. The topological polar surface area (TPSA) is 63.2 Å². The minimum atomic E-state index is -0.102. The first kappa shape index (κ1) is 14.2. The molecule has 0 atom stereocenters. The number of nitrogens with one attached hydrogen (secondary N) is 2. The van der Waals surface area contributed by atoms with E-state index in [9.17, 15) is 4.79 Å². The van der Waals surface area contributed by atoms with Crippen LogP contribution < -0.4 is 10.6 Å². The molecule has 1 amide bonds. The Labute approximate surface area is 107 Å². The Morgan fingerprint density at radius 2 is 2.44 bits per heavy atom. The van der Waals surface area contributed by atoms with Gasteiger partial charge in [-0.3, -0.25) is 4.79 Å². The quantitative estimate of drug-likeness (QED) is 0.540. The maximum absolute atomic E-state index is 11.8. The van der Waals surface area contributed by atoms with E-state index >= 15 is 0 Å². The Hall–Kier alpha value is -1.88. The highest BCUT2D eigenvalue weighted by Gasteiger charge is 2.05. The van der Waals surface area contributed by atoms with E-state index in [2.05, 4.69) is 22.2 Å². The van der Waals surface area contributed by atoms with Gasteiger partial charge in [-0.05, 0) is 18.6 Å². The first-order chi connectivity index (χ1) is 8.77. The summed E-state index contributed by atoms with van der Waals surface area (Å²) in [5.41, 5.74) is 0.592. The molecule has 0 unspecified atom stereocenters. The van der Waals surface area contributed by atoms with E-state index in [1.165, 1.54) is 0 Å². The Morgan fingerprint density at radius 1 is 1.61 bits per heavy atom. The normalized spacial score (nSPS) is 9.83. The molecule has 0 bridgehead atoms. The van der Waals surface area contributed by atoms with Crippen molar-refractivity contribution in [3.8, 4) is 0 Å². The van der Waals surface area contributed by atoms with Gasteiger partial charge in [0.05, 0.1) is 0 Å². The lowest BCUT2D eigenvalue weighted by molar-refractivity contribution is 0.0948. The highest BCUT2D eigenvalue weighted by atomic mass is 16.5. The minimum Gasteiger partial charge on any atom is -0.385 e. The molecule has 0 saturated heterocycles. The van der Waals surface area contributed by atoms with Crippen LogP contribution in [0.25, 0.3) is 0 Å². The second kappa shape index (κ2) is 8.25. The van der Waals surface area contributed by atoms with Gasteiger partial charge in [0.15, 0.2) is 0 Å². The fraction of sp³-hybridized carbons (Fsp3) is 0.385. The number of ether oxygens (including phenoxy) is 1. The third-order valence-electron chi connectivity index (χ3n) is 2.26. The van der Waals surface area contributed by atoms with E-state index in [0.717, 1.165) is 6.42 Å². The fourth-order valence-corrected chi connectivity index (χ4v) is 1.37. The molecule has 0 aliphatic rings. The van der Waals surface area contributed by atoms with Crippen LogP contribution in [0, 0.1) is 0 Å². The average molecular weight is 249 g/mol. The van der Waals surface area contributed by atoms with Crippen molar-refractivity contribution in [2.75, 3.05) is 32.1 Å². The molecular weight excluding hydrogens is 230 g/mol. The molecular formula is C13H19N3O2. The monoisotopic (exact) mass is 249 g/mol. The number of amides is 1. The summed E-state index contributed by atoms with van der Waals surface area (Å²) >= 11 is 0. The Bertz CT molecular complexity index is 394. The Balaban J connectivity index is 2.48. The molecule has 5 heteroatoms. The predicted molar refractivity (Wildman–Crippen MR) is 71.7 cm³/mol. The smallest absolute Gasteiger partial charge is 0.251 e. The van der Waals surface area contributed by atoms with Gasteiger partial charge in [-0.15, -0.1) is 6.58 Å². The summed E-state index contributed by atoms with van der Waals surface area (Å²) in [6.07, 6.45) is 4.14. The van der Waals surface area contributed by atoms with Gasteiger partial charge in [-0.1, -0.05) is 6.08 Å². The van der Waals surface area contributed by atoms with Gasteiger partial charge in [0.1, 0.15) is 5.82 Å². The number of carbonyl (C=O) groups is 1. The molecule has 0 spiro atoms. The van der Waals surface area contributed by atoms with Gasteiger partial charge in [0.2, 0.25) is 0 Å². The summed E-state index contributed by atoms with van der Waals surface area (Å²) in [4.78, 5) is 15.9. The molecule has 0 radical (unpaired) electrons. The van der Waals surface area contributed by atoms with E-state index < -0.39 is 0 Å². The summed E-state index contributed by atoms with van der Waals surface area (Å²) in [5.74, 6) is 0.564. The molecule has 1 heterocycles. The number of methoxy groups -OCH3 is 1. The van der Waals surface area contributed by atoms with E-state index in [0.29, 0.717) is 31.1 Å². The number of rotatable bonds is 8. The first-order valence-electron chi connectivity index (χ1n) is 5.86. The van der Waals surface area contributed by atoms with Crippen LogP contribution in [0.5, 0.6) is 0 Å². The average Bonchev–Trinajstić information content (AvgIpc) is 2.41. The third kappa shape index (κ3) is 4.97. The third-order valence-corrected chi connectivity index (χ3v) is 2.26. The van der Waals surface area contributed by atoms with E-state index in [1.807, 2.05) is 0 Å². The maximum Gasteiger partial charge on any atom is 0.251 e. The standard InChI is InChI=1S/C13H19N3O2/c1-3-6-14-12-10-11(5-8-15-12)13(17)16-7-4-9-18-2/h3,5,8,10H,1,4,6-7,9H2,2H3,(H,14,15)(H,16,17). The molecule has 1 aromatic heterocycles. The van der Waals surface area contributed by atoms with Crippen molar-refractivity contribution in [1.82, 2.24) is 10.3 Å². The van der Waals surface area contributed by atoms with Gasteiger partial charge < -0.3 is 15.4 Å². The maximum atomic E-state index is 11.8. The van der Waals surface area contributed by atoms with Crippen molar-refractivity contribution in [2.24, 2.45) is 0 Å². The van der Waals surface area contributed by atoms with Gasteiger partial charge in [0.25, 0.3) is 5.91 Å². The van der Waals surface area contributed by atoms with E-state index in [-0.39, 0.29) is 5.91 Å². The molecule has 1 rings (SSSR count). The van der Waals surface area contributed by atoms with Crippen LogP contribution in [0.1, 0.15) is 16.8 Å². The zero-order chi connectivity index (χ0) is 13.2. The molecule has 0 fully saturated rings. The Kier molecular flexibility index (Phi) is 6.50. The molecule has 0 aliphatic carbocycles. The number of pyridine rings is 1. The summed E-state index contributed by atoms with van der Waals surface area (Å²) in [7, 11) is 1.64. The van der Waals surface area contributed by atoms with Crippen LogP contribution in [-0.2, 0) is 4.74 Å². The number of anilines is 1. The van der Waals surface area contributed by atoms with Crippen LogP contribution in [0.15, 0.2) is 31.0 Å². The van der Waals surface area contributed by atoms with Crippen molar-refractivity contribution in [1.29, 1.82) is 0 Å². The number of hydrogen-bond acceptors (Lipinski definition) is 4. The minimum absolute atomic E-state index is 0.102. The van der Waals surface area contributed by atoms with Crippen molar-refractivity contribution >= 4 is 11.7 Å². The van der Waals surface area contributed by atoms with Crippen molar-refractivity contribution < 1.29 is 9.53 Å². The molecule has 98 valence electrons. The fourth-order valence-electron chi connectivity index (χ4n) is 1.37. The number of nitrogens with zero attached hydrogens (tertiary/aromatic N) is 1. The second-order valence-corrected chi connectivity index (χ2v) is 3.70. The molecule has 18 heavy (non-hydrogen) atoms. The van der Waals surface area contributed by atoms with Gasteiger partial charge >= 0.3 is 0 Å². The van der Waals surface area contributed by atoms with Crippen molar-refractivity contribution in [3.63, 3.8) is 0 Å². The molecule has 1 aromatic rings. The lowest BCUT2D eigenvalue weighted by Crippen LogP contribution is -2.25. The van der Waals surface area contributed by atoms with Gasteiger partial charge in [-0.25, -0.2) is 4.98 Å². The van der Waals surface area contributed by atoms with Crippen LogP contribution in [-0.4, -0.2) is 37.7 Å². The summed E-state index contributed by atoms with van der Waals surface area (Å²) in [6.45, 7) is 5.47. The number of aromatic nitrogens is 1. The lowest BCUT2D eigenvalue weighted by atomic mass is 10.2. The number of carbonyl (C=O) groups excluding carboxylic acids is 1. The zero-order valence-corrected chi connectivity index (χ0v) is 10.6. The van der Waals surface area contributed by atoms with Gasteiger partial charge in [-0.2, -0.15) is 0 Å². The molecule has 2 N–H and O–H groups in total. The highest BCUT2D eigenvalue weighted by Crippen LogP contribution is 2.06. The Morgan fingerprint density at radius 3 is 3.17 bits per heavy atom. The molecule has 0 aliphatic heterocycles. The molecule has 0 saturated carbocycles. The SMILES string of the molecule is C=CCNc1cc(C(=O)NCCCOC)ccn1. The summed E-state index contributed by atoms with van der Waals surface area (Å²) < 4.78 is 4.91. The largest absolute Gasteiger partial charge is 0.385 e. The highest BCUT2D eigenvalue weighted by molar-refractivity contribution is 5.94. The zero-order valence-electron chi connectivity index (χ0n) is 10.6. The van der Waals surface area contributed by atoms with Gasteiger partial charge in [0, 0.05) is 38.6 Å². The molecule has 5 nitrogen and oxygen atoms in total. The van der Waals surface area contributed by atoms with E-state index in [1.54, 1.807) is 31.5 Å². The first-order valence-corrected chi connectivity index (χ1v) is 5.86. The van der Waals surface area contributed by atoms with E-state index in [4.69, 9.17) is 4.74 Å². The summed E-state index contributed by atoms with van der Waals surface area (Å²) in [5, 5.41) is 5.86. The summed E-state index contributed by atoms with van der Waals surface area (Å²) in [6, 6.07) is 3.40. The van der Waals surface area contributed by atoms with Crippen LogP contribution in [0.2, 0.25) is 0 Å². The predicted octanol–water partition coefficient (Wildman–Crippen LogP) is 1.45. The van der Waals surface area contributed by atoms with Crippen molar-refractivity contribution in [2.45, 2.75) is 6.42 Å². The van der Waals surface area contributed by atoms with Crippen LogP contribution in [0.4, 0.5) is 5.82 Å².